The van der Waals surface area contributed by atoms with Gasteiger partial charge in [0.25, 0.3) is 5.56 Å². The number of benzene rings is 1. The highest BCUT2D eigenvalue weighted by Gasteiger charge is 2.09. The van der Waals surface area contributed by atoms with Crippen molar-refractivity contribution in [2.45, 2.75) is 13.3 Å². The van der Waals surface area contributed by atoms with Gasteiger partial charge in [0.1, 0.15) is 0 Å². The predicted octanol–water partition coefficient (Wildman–Crippen LogP) is 1.38. The molecular weight excluding hydrogens is 268 g/mol. The van der Waals surface area contributed by atoms with Gasteiger partial charge in [-0.25, -0.2) is 14.8 Å². The molecule has 0 atom stereocenters. The summed E-state index contributed by atoms with van der Waals surface area (Å²) in [5.74, 6) is 0. The van der Waals surface area contributed by atoms with Gasteiger partial charge in [-0.05, 0) is 24.1 Å². The van der Waals surface area contributed by atoms with Gasteiger partial charge in [0, 0.05) is 5.02 Å². The zero-order valence-corrected chi connectivity index (χ0v) is 10.7. The minimum absolute atomic E-state index is 0.0902. The second-order valence-electron chi connectivity index (χ2n) is 4.11. The molecule has 0 radical (unpaired) electrons. The fourth-order valence-electron chi connectivity index (χ4n) is 1.94. The maximum absolute atomic E-state index is 11.6. The summed E-state index contributed by atoms with van der Waals surface area (Å²) in [6.07, 6.45) is 0.764. The summed E-state index contributed by atoms with van der Waals surface area (Å²) in [5.41, 5.74) is 1.15. The van der Waals surface area contributed by atoms with E-state index in [1.807, 2.05) is 13.0 Å². The van der Waals surface area contributed by atoms with Crippen LogP contribution in [0.4, 0.5) is 0 Å². The van der Waals surface area contributed by atoms with Gasteiger partial charge in [0.05, 0.1) is 11.0 Å². The van der Waals surface area contributed by atoms with Crippen molar-refractivity contribution in [1.29, 1.82) is 0 Å². The highest BCUT2D eigenvalue weighted by atomic mass is 35.5. The van der Waals surface area contributed by atoms with E-state index in [0.717, 1.165) is 12.0 Å². The molecule has 0 spiro atoms. The molecule has 2 heterocycles. The van der Waals surface area contributed by atoms with E-state index in [-0.39, 0.29) is 11.2 Å². The minimum Gasteiger partial charge on any atom is -0.290 e. The van der Waals surface area contributed by atoms with Crippen molar-refractivity contribution in [3.05, 3.63) is 43.6 Å². The van der Waals surface area contributed by atoms with Crippen LogP contribution >= 0.6 is 11.6 Å². The lowest BCUT2D eigenvalue weighted by atomic mass is 10.1. The van der Waals surface area contributed by atoms with Gasteiger partial charge >= 0.3 is 5.69 Å². The lowest BCUT2D eigenvalue weighted by Crippen LogP contribution is -2.23. The van der Waals surface area contributed by atoms with Crippen LogP contribution < -0.4 is 11.2 Å². The first kappa shape index (κ1) is 11.9. The quantitative estimate of drug-likeness (QED) is 0.657. The van der Waals surface area contributed by atoms with E-state index in [2.05, 4.69) is 19.9 Å². The van der Waals surface area contributed by atoms with Gasteiger partial charge in [-0.3, -0.25) is 14.8 Å². The monoisotopic (exact) mass is 276 g/mol. The van der Waals surface area contributed by atoms with Crippen LogP contribution in [0.25, 0.3) is 22.2 Å². The first-order chi connectivity index (χ1) is 9.08. The number of aryl methyl sites for hydroxylation is 1. The van der Waals surface area contributed by atoms with Gasteiger partial charge in [-0.15, -0.1) is 0 Å². The number of hydrogen-bond acceptors (Lipinski definition) is 4. The van der Waals surface area contributed by atoms with Gasteiger partial charge in [0.15, 0.2) is 11.2 Å². The third kappa shape index (κ3) is 1.90. The van der Waals surface area contributed by atoms with Gasteiger partial charge < -0.3 is 0 Å². The van der Waals surface area contributed by atoms with E-state index in [9.17, 15) is 9.59 Å². The predicted molar refractivity (Wildman–Crippen MR) is 72.7 cm³/mol. The molecule has 0 fully saturated rings. The average molecular weight is 277 g/mol. The molecule has 0 aliphatic heterocycles. The van der Waals surface area contributed by atoms with Gasteiger partial charge in [-0.1, -0.05) is 18.5 Å². The number of fused-ring (bicyclic) bond motifs is 2. The highest BCUT2D eigenvalue weighted by molar-refractivity contribution is 6.32. The van der Waals surface area contributed by atoms with Crippen LogP contribution in [-0.4, -0.2) is 19.9 Å². The summed E-state index contributed by atoms with van der Waals surface area (Å²) in [7, 11) is 0. The lowest BCUT2D eigenvalue weighted by molar-refractivity contribution is 1.05. The fourth-order valence-corrected chi connectivity index (χ4v) is 2.23. The molecule has 3 rings (SSSR count). The Kier molecular flexibility index (Phi) is 2.60. The van der Waals surface area contributed by atoms with Crippen LogP contribution in [0.15, 0.2) is 21.7 Å². The Morgan fingerprint density at radius 1 is 1.16 bits per heavy atom. The van der Waals surface area contributed by atoms with Crippen molar-refractivity contribution in [3.63, 3.8) is 0 Å². The molecule has 7 heteroatoms. The molecule has 0 saturated carbocycles. The summed E-state index contributed by atoms with van der Waals surface area (Å²) in [6.45, 7) is 1.98. The zero-order valence-electron chi connectivity index (χ0n) is 9.95. The summed E-state index contributed by atoms with van der Waals surface area (Å²) in [6, 6.07) is 3.48. The van der Waals surface area contributed by atoms with E-state index < -0.39 is 11.2 Å². The number of aromatic amines is 2. The lowest BCUT2D eigenvalue weighted by Gasteiger charge is -2.04. The maximum atomic E-state index is 11.6. The topological polar surface area (TPSA) is 91.5 Å². The molecule has 0 unspecified atom stereocenters. The second-order valence-corrected chi connectivity index (χ2v) is 4.52. The first-order valence-electron chi connectivity index (χ1n) is 5.71. The van der Waals surface area contributed by atoms with Gasteiger partial charge in [0.2, 0.25) is 0 Å². The Hall–Kier alpha value is -2.21. The van der Waals surface area contributed by atoms with E-state index in [0.29, 0.717) is 16.1 Å². The first-order valence-corrected chi connectivity index (χ1v) is 6.08. The fraction of sp³-hybridized carbons (Fsp3) is 0.167. The summed E-state index contributed by atoms with van der Waals surface area (Å²) in [4.78, 5) is 35.9. The molecule has 2 aromatic heterocycles. The molecule has 0 aliphatic carbocycles. The summed E-state index contributed by atoms with van der Waals surface area (Å²) in [5, 5.41) is 0.588. The SMILES string of the molecule is CCc1cc2nc3[nH]c(=O)[nH]c(=O)c3nc2cc1Cl. The molecule has 2 N–H and O–H groups in total. The number of aromatic nitrogens is 4. The molecule has 1 aromatic carbocycles. The zero-order chi connectivity index (χ0) is 13.6. The summed E-state index contributed by atoms with van der Waals surface area (Å²) >= 11 is 6.11. The number of H-pyrrole nitrogens is 2. The average Bonchev–Trinajstić information content (AvgIpc) is 2.36. The van der Waals surface area contributed by atoms with Crippen LogP contribution in [-0.2, 0) is 6.42 Å². The summed E-state index contributed by atoms with van der Waals surface area (Å²) < 4.78 is 0. The van der Waals surface area contributed by atoms with Crippen LogP contribution in [0, 0.1) is 0 Å². The number of halogens is 1. The van der Waals surface area contributed by atoms with Crippen molar-refractivity contribution >= 4 is 33.8 Å². The smallest absolute Gasteiger partial charge is 0.290 e. The second kappa shape index (κ2) is 4.17. The Morgan fingerprint density at radius 3 is 2.63 bits per heavy atom. The number of hydrogen-bond donors (Lipinski definition) is 2. The van der Waals surface area contributed by atoms with Crippen molar-refractivity contribution in [2.75, 3.05) is 0 Å². The molecule has 3 aromatic rings. The molecule has 0 amide bonds. The molecule has 0 aliphatic rings. The van der Waals surface area contributed by atoms with E-state index in [1.165, 1.54) is 0 Å². The third-order valence-corrected chi connectivity index (χ3v) is 3.24. The van der Waals surface area contributed by atoms with Crippen molar-refractivity contribution in [3.8, 4) is 0 Å². The standard InChI is InChI=1S/C12H9ClN4O2/c1-2-5-3-7-8(4-6(5)13)14-9-10(15-7)16-12(19)17-11(9)18/h3-4H,2H2,1H3,(H2,15,16,17,18,19). The van der Waals surface area contributed by atoms with E-state index >= 15 is 0 Å². The molecule has 0 saturated heterocycles. The van der Waals surface area contributed by atoms with E-state index in [1.54, 1.807) is 6.07 Å². The molecule has 6 nitrogen and oxygen atoms in total. The third-order valence-electron chi connectivity index (χ3n) is 2.89. The molecule has 19 heavy (non-hydrogen) atoms. The van der Waals surface area contributed by atoms with Crippen LogP contribution in [0.5, 0.6) is 0 Å². The Morgan fingerprint density at radius 2 is 1.89 bits per heavy atom. The molecule has 96 valence electrons. The Labute approximate surface area is 111 Å². The number of nitrogens with zero attached hydrogens (tertiary/aromatic N) is 2. The van der Waals surface area contributed by atoms with Crippen molar-refractivity contribution in [1.82, 2.24) is 19.9 Å². The van der Waals surface area contributed by atoms with Crippen molar-refractivity contribution < 1.29 is 0 Å². The number of nitrogens with one attached hydrogen (secondary N) is 2. The van der Waals surface area contributed by atoms with Crippen LogP contribution in [0.3, 0.4) is 0 Å². The molecular formula is C12H9ClN4O2. The minimum atomic E-state index is -0.601. The Bertz CT molecular complexity index is 913. The highest BCUT2D eigenvalue weighted by Crippen LogP contribution is 2.22. The van der Waals surface area contributed by atoms with Gasteiger partial charge in [-0.2, -0.15) is 0 Å². The normalized spacial score (nSPS) is 11.3. The molecule has 0 bridgehead atoms. The van der Waals surface area contributed by atoms with Crippen LogP contribution in [0.2, 0.25) is 5.02 Å². The van der Waals surface area contributed by atoms with Crippen LogP contribution in [0.1, 0.15) is 12.5 Å². The maximum Gasteiger partial charge on any atom is 0.327 e. The van der Waals surface area contributed by atoms with Crippen molar-refractivity contribution in [2.24, 2.45) is 0 Å². The Balaban J connectivity index is 2.48. The van der Waals surface area contributed by atoms with E-state index in [4.69, 9.17) is 11.6 Å². The largest absolute Gasteiger partial charge is 0.327 e. The number of rotatable bonds is 1.